The van der Waals surface area contributed by atoms with Gasteiger partial charge in [-0.15, -0.1) is 13.2 Å². The van der Waals surface area contributed by atoms with Crippen LogP contribution in [0.4, 0.5) is 0 Å². The van der Waals surface area contributed by atoms with Crippen molar-refractivity contribution in [2.75, 3.05) is 6.61 Å². The minimum Gasteiger partial charge on any atom is -0.409 e. The van der Waals surface area contributed by atoms with E-state index in [2.05, 4.69) is 13.2 Å². The average molecular weight is 218 g/mol. The lowest BCUT2D eigenvalue weighted by molar-refractivity contribution is 0.248. The van der Waals surface area contributed by atoms with Gasteiger partial charge in [-0.05, 0) is 20.0 Å². The molecule has 0 heterocycles. The van der Waals surface area contributed by atoms with Crippen LogP contribution in [0, 0.1) is 0 Å². The molecule has 2 unspecified atom stereocenters. The van der Waals surface area contributed by atoms with Crippen LogP contribution in [0.25, 0.3) is 0 Å². The molecule has 0 fully saturated rings. The molecule has 3 nitrogen and oxygen atoms in total. The minimum absolute atomic E-state index is 0.566. The molecule has 76 valence electrons. The van der Waals surface area contributed by atoms with Gasteiger partial charge in [-0.1, -0.05) is 11.4 Å². The second kappa shape index (κ2) is 4.87. The quantitative estimate of drug-likeness (QED) is 0.689. The first-order valence-electron chi connectivity index (χ1n) is 4.23. The molecular weight excluding hydrogens is 200 g/mol. The summed E-state index contributed by atoms with van der Waals surface area (Å²) in [6, 6.07) is 0. The van der Waals surface area contributed by atoms with E-state index in [1.54, 1.807) is 12.2 Å². The molecule has 0 bridgehead atoms. The molecule has 13 heavy (non-hydrogen) atoms. The third-order valence-electron chi connectivity index (χ3n) is 1.59. The van der Waals surface area contributed by atoms with Crippen molar-refractivity contribution in [3.63, 3.8) is 0 Å². The van der Waals surface area contributed by atoms with Gasteiger partial charge in [0.1, 0.15) is 0 Å². The number of rotatable bonds is 6. The Morgan fingerprint density at radius 1 is 1.31 bits per heavy atom. The van der Waals surface area contributed by atoms with Crippen LogP contribution in [-0.2, 0) is 8.54 Å². The summed E-state index contributed by atoms with van der Waals surface area (Å²) >= 11 is 0. The lowest BCUT2D eigenvalue weighted by Crippen LogP contribution is -2.48. The molecule has 0 aliphatic rings. The number of hydrogen-bond acceptors (Lipinski definition) is 3. The molecule has 0 aromatic rings. The topological polar surface area (TPSA) is 38.7 Å². The molecule has 0 aromatic carbocycles. The van der Waals surface area contributed by atoms with Crippen molar-refractivity contribution in [3.05, 3.63) is 24.6 Å². The second-order valence-electron chi connectivity index (χ2n) is 3.01. The molecular formula is C8H18O3Si2. The zero-order chi connectivity index (χ0) is 10.5. The second-order valence-corrected chi connectivity index (χ2v) is 9.08. The molecule has 2 atom stereocenters. The average Bonchev–Trinajstić information content (AvgIpc) is 2.04. The summed E-state index contributed by atoms with van der Waals surface area (Å²) in [4.78, 5) is 9.72. The first kappa shape index (κ1) is 12.8. The Bertz CT molecular complexity index is 194. The molecule has 0 spiro atoms. The Balaban J connectivity index is 4.42. The fraction of sp³-hybridized carbons (Fsp3) is 0.500. The highest BCUT2D eigenvalue weighted by Crippen LogP contribution is 2.15. The zero-order valence-corrected chi connectivity index (χ0v) is 10.5. The Morgan fingerprint density at radius 2 is 1.85 bits per heavy atom. The van der Waals surface area contributed by atoms with Gasteiger partial charge in [0.15, 0.2) is 0 Å². The van der Waals surface area contributed by atoms with Crippen LogP contribution in [0.15, 0.2) is 24.6 Å². The van der Waals surface area contributed by atoms with Crippen molar-refractivity contribution in [3.8, 4) is 0 Å². The largest absolute Gasteiger partial charge is 0.409 e. The van der Waals surface area contributed by atoms with Gasteiger partial charge in [-0.25, -0.2) is 0 Å². The van der Waals surface area contributed by atoms with E-state index < -0.39 is 17.1 Å². The third kappa shape index (κ3) is 4.54. The highest BCUT2D eigenvalue weighted by molar-refractivity contribution is 6.84. The maximum atomic E-state index is 9.72. The van der Waals surface area contributed by atoms with Crippen LogP contribution < -0.4 is 0 Å². The molecule has 0 radical (unpaired) electrons. The van der Waals surface area contributed by atoms with Gasteiger partial charge in [-0.3, -0.25) is 0 Å². The van der Waals surface area contributed by atoms with Gasteiger partial charge in [0, 0.05) is 6.61 Å². The fourth-order valence-corrected chi connectivity index (χ4v) is 5.74. The predicted molar refractivity (Wildman–Crippen MR) is 58.6 cm³/mol. The molecule has 0 aromatic heterocycles. The molecule has 5 heteroatoms. The van der Waals surface area contributed by atoms with E-state index in [0.717, 1.165) is 0 Å². The van der Waals surface area contributed by atoms with Crippen LogP contribution in [0.5, 0.6) is 0 Å². The van der Waals surface area contributed by atoms with E-state index in [1.807, 2.05) is 13.5 Å². The van der Waals surface area contributed by atoms with Gasteiger partial charge < -0.3 is 13.3 Å². The van der Waals surface area contributed by atoms with Gasteiger partial charge >= 0.3 is 17.1 Å². The monoisotopic (exact) mass is 218 g/mol. The van der Waals surface area contributed by atoms with Crippen LogP contribution in [-0.4, -0.2) is 28.5 Å². The van der Waals surface area contributed by atoms with Crippen molar-refractivity contribution < 1.29 is 13.3 Å². The first-order valence-corrected chi connectivity index (χ1v) is 9.05. The standard InChI is InChI=1S/C8H18O3Si2/c1-6-10-13(5,8-3)11-12(4,9)7-2/h7-9H,2-3,6H2,1,4-5H3. The maximum absolute atomic E-state index is 9.72. The summed E-state index contributed by atoms with van der Waals surface area (Å²) in [5.41, 5.74) is 3.14. The lowest BCUT2D eigenvalue weighted by atomic mass is 10.9. The van der Waals surface area contributed by atoms with E-state index in [4.69, 9.17) is 8.54 Å². The zero-order valence-electron chi connectivity index (χ0n) is 8.54. The van der Waals surface area contributed by atoms with Crippen molar-refractivity contribution in [1.29, 1.82) is 0 Å². The molecule has 0 aliphatic carbocycles. The fourth-order valence-electron chi connectivity index (χ4n) is 0.869. The van der Waals surface area contributed by atoms with Crippen LogP contribution >= 0.6 is 0 Å². The highest BCUT2D eigenvalue weighted by atomic mass is 28.5. The molecule has 0 saturated heterocycles. The maximum Gasteiger partial charge on any atom is 0.352 e. The van der Waals surface area contributed by atoms with Crippen LogP contribution in [0.1, 0.15) is 6.92 Å². The van der Waals surface area contributed by atoms with E-state index in [9.17, 15) is 4.80 Å². The lowest BCUT2D eigenvalue weighted by Gasteiger charge is -2.29. The summed E-state index contributed by atoms with van der Waals surface area (Å²) in [6.45, 7) is 13.2. The third-order valence-corrected chi connectivity index (χ3v) is 7.22. The Morgan fingerprint density at radius 3 is 2.15 bits per heavy atom. The highest BCUT2D eigenvalue weighted by Gasteiger charge is 2.36. The SMILES string of the molecule is C=C[Si](C)(O)O[Si](C)(C=C)OCC. The summed E-state index contributed by atoms with van der Waals surface area (Å²) in [7, 11) is -5.12. The van der Waals surface area contributed by atoms with Crippen molar-refractivity contribution >= 4 is 17.1 Å². The summed E-state index contributed by atoms with van der Waals surface area (Å²) < 4.78 is 11.0. The summed E-state index contributed by atoms with van der Waals surface area (Å²) in [5, 5.41) is 0. The summed E-state index contributed by atoms with van der Waals surface area (Å²) in [6.07, 6.45) is 0. The minimum atomic E-state index is -2.74. The van der Waals surface area contributed by atoms with Crippen molar-refractivity contribution in [2.24, 2.45) is 0 Å². The Hall–Kier alpha value is -0.206. The molecule has 0 aliphatic heterocycles. The molecule has 0 amide bonds. The predicted octanol–water partition coefficient (Wildman–Crippen LogP) is 1.63. The smallest absolute Gasteiger partial charge is 0.352 e. The Labute approximate surface area is 82.2 Å². The van der Waals surface area contributed by atoms with E-state index in [1.165, 1.54) is 5.70 Å². The Kier molecular flexibility index (Phi) is 4.79. The van der Waals surface area contributed by atoms with Crippen molar-refractivity contribution in [1.82, 2.24) is 0 Å². The molecule has 1 N–H and O–H groups in total. The van der Waals surface area contributed by atoms with Crippen LogP contribution in [0.3, 0.4) is 0 Å². The normalized spacial score (nSPS) is 20.0. The first-order chi connectivity index (χ1) is 5.89. The molecule has 0 rings (SSSR count). The van der Waals surface area contributed by atoms with Crippen molar-refractivity contribution in [2.45, 2.75) is 20.0 Å². The van der Waals surface area contributed by atoms with Crippen LogP contribution in [0.2, 0.25) is 13.1 Å². The van der Waals surface area contributed by atoms with Gasteiger partial charge in [0.05, 0.1) is 0 Å². The van der Waals surface area contributed by atoms with E-state index in [0.29, 0.717) is 6.61 Å². The van der Waals surface area contributed by atoms with Gasteiger partial charge in [-0.2, -0.15) is 0 Å². The van der Waals surface area contributed by atoms with Gasteiger partial charge in [0.2, 0.25) is 0 Å². The summed E-state index contributed by atoms with van der Waals surface area (Å²) in [5.74, 6) is 0. The number of hydrogen-bond donors (Lipinski definition) is 1. The molecule has 0 saturated carbocycles. The van der Waals surface area contributed by atoms with E-state index >= 15 is 0 Å². The van der Waals surface area contributed by atoms with Gasteiger partial charge in [0.25, 0.3) is 0 Å². The van der Waals surface area contributed by atoms with E-state index in [-0.39, 0.29) is 0 Å².